The minimum Gasteiger partial charge on any atom is -0.444 e. The molecule has 10 nitrogen and oxygen atoms in total. The maximum atomic E-state index is 13.0. The van der Waals surface area contributed by atoms with Crippen molar-refractivity contribution in [3.8, 4) is 11.3 Å². The van der Waals surface area contributed by atoms with Gasteiger partial charge in [0.2, 0.25) is 5.91 Å². The highest BCUT2D eigenvalue weighted by Crippen LogP contribution is 2.27. The second-order valence-electron chi connectivity index (χ2n) is 11.7. The molecule has 5 heterocycles. The summed E-state index contributed by atoms with van der Waals surface area (Å²) in [7, 11) is 1.99. The number of hydrogen-bond acceptors (Lipinski definition) is 7. The van der Waals surface area contributed by atoms with Crippen LogP contribution in [0.5, 0.6) is 0 Å². The number of piperidine rings is 2. The maximum absolute atomic E-state index is 13.0. The van der Waals surface area contributed by atoms with Gasteiger partial charge in [0.15, 0.2) is 0 Å². The van der Waals surface area contributed by atoms with Gasteiger partial charge in [0.1, 0.15) is 11.4 Å². The van der Waals surface area contributed by atoms with Crippen LogP contribution in [0.25, 0.3) is 22.2 Å². The predicted octanol–water partition coefficient (Wildman–Crippen LogP) is 4.60. The van der Waals surface area contributed by atoms with Crippen LogP contribution in [0.1, 0.15) is 58.6 Å². The Morgan fingerprint density at radius 2 is 1.79 bits per heavy atom. The Balaban J connectivity index is 1.26. The molecule has 0 aliphatic carbocycles. The third-order valence-corrected chi connectivity index (χ3v) is 7.50. The van der Waals surface area contributed by atoms with Crippen molar-refractivity contribution in [2.45, 2.75) is 65.0 Å². The van der Waals surface area contributed by atoms with Gasteiger partial charge in [0.25, 0.3) is 0 Å². The van der Waals surface area contributed by atoms with Crippen molar-refractivity contribution in [2.75, 3.05) is 31.5 Å². The van der Waals surface area contributed by atoms with Crippen molar-refractivity contribution < 1.29 is 14.3 Å². The summed E-state index contributed by atoms with van der Waals surface area (Å²) in [4.78, 5) is 38.9. The molecule has 2 amide bonds. The number of ether oxygens (including phenoxy) is 1. The van der Waals surface area contributed by atoms with Crippen LogP contribution < -0.4 is 5.32 Å². The van der Waals surface area contributed by atoms with Gasteiger partial charge in [-0.2, -0.15) is 5.10 Å². The topological polar surface area (TPSA) is 105 Å². The summed E-state index contributed by atoms with van der Waals surface area (Å²) in [5.74, 6) is 0.206. The lowest BCUT2D eigenvalue weighted by Crippen LogP contribution is -2.43. The molecule has 2 aliphatic heterocycles. The number of pyridine rings is 2. The summed E-state index contributed by atoms with van der Waals surface area (Å²) in [6.45, 7) is 9.63. The van der Waals surface area contributed by atoms with E-state index in [1.807, 2.05) is 56.9 Å². The third-order valence-electron chi connectivity index (χ3n) is 7.50. The fraction of sp³-hybridized carbons (Fsp3) is 0.552. The summed E-state index contributed by atoms with van der Waals surface area (Å²) in [5, 5.41) is 8.40. The molecule has 2 saturated heterocycles. The van der Waals surface area contributed by atoms with Crippen LogP contribution in [0, 0.1) is 5.92 Å². The number of rotatable bonds is 5. The van der Waals surface area contributed by atoms with E-state index in [0.717, 1.165) is 47.5 Å². The molecule has 5 rings (SSSR count). The van der Waals surface area contributed by atoms with Crippen LogP contribution in [0.2, 0.25) is 0 Å². The van der Waals surface area contributed by atoms with Crippen LogP contribution in [-0.4, -0.2) is 73.3 Å². The largest absolute Gasteiger partial charge is 0.444 e. The van der Waals surface area contributed by atoms with E-state index < -0.39 is 5.60 Å². The number of nitrogens with one attached hydrogen (secondary N) is 1. The lowest BCUT2D eigenvalue weighted by Gasteiger charge is -2.32. The molecule has 0 atom stereocenters. The molecular weight excluding hydrogens is 494 g/mol. The molecule has 3 aromatic rings. The molecule has 0 saturated carbocycles. The van der Waals surface area contributed by atoms with E-state index in [1.54, 1.807) is 11.1 Å². The van der Waals surface area contributed by atoms with Crippen molar-refractivity contribution in [2.24, 2.45) is 13.0 Å². The first kappa shape index (κ1) is 27.1. The molecule has 0 bridgehead atoms. The zero-order chi connectivity index (χ0) is 27.6. The smallest absolute Gasteiger partial charge is 0.410 e. The van der Waals surface area contributed by atoms with Crippen molar-refractivity contribution in [1.82, 2.24) is 29.5 Å². The molecule has 0 unspecified atom stereocenters. The van der Waals surface area contributed by atoms with Gasteiger partial charge in [-0.05, 0) is 71.7 Å². The van der Waals surface area contributed by atoms with E-state index in [9.17, 15) is 9.59 Å². The molecule has 2 aliphatic rings. The van der Waals surface area contributed by atoms with E-state index in [-0.39, 0.29) is 17.9 Å². The van der Waals surface area contributed by atoms with E-state index in [4.69, 9.17) is 9.72 Å². The van der Waals surface area contributed by atoms with Crippen LogP contribution in [0.3, 0.4) is 0 Å². The number of amides is 2. The lowest BCUT2D eigenvalue weighted by atomic mass is 9.96. The molecular formula is C29H39N7O3. The van der Waals surface area contributed by atoms with Gasteiger partial charge in [-0.1, -0.05) is 6.42 Å². The zero-order valence-corrected chi connectivity index (χ0v) is 23.4. The van der Waals surface area contributed by atoms with Gasteiger partial charge < -0.3 is 15.0 Å². The average molecular weight is 534 g/mol. The standard InChI is InChI=1S/C29H39N7O3/c1-29(2,3)39-28(38)36-14-10-20(11-15-36)27(37)33-26-16-24-21(17-30-26)8-9-23(32-24)22-18-31-34(4)25(22)19-35-12-6-5-7-13-35/h8-9,16-18,20H,5-7,10-15,19H2,1-4H3,(H,30,33,37). The van der Waals surface area contributed by atoms with Gasteiger partial charge in [0.05, 0.1) is 23.1 Å². The Labute approximate surface area is 229 Å². The first-order valence-corrected chi connectivity index (χ1v) is 14.0. The summed E-state index contributed by atoms with van der Waals surface area (Å²) >= 11 is 0. The first-order chi connectivity index (χ1) is 18.7. The molecule has 3 aromatic heterocycles. The monoisotopic (exact) mass is 533 g/mol. The summed E-state index contributed by atoms with van der Waals surface area (Å²) in [6.07, 6.45) is 8.26. The van der Waals surface area contributed by atoms with E-state index in [2.05, 4.69) is 20.3 Å². The van der Waals surface area contributed by atoms with Crippen LogP contribution in [0.15, 0.2) is 30.6 Å². The highest BCUT2D eigenvalue weighted by Gasteiger charge is 2.30. The molecule has 1 N–H and O–H groups in total. The maximum Gasteiger partial charge on any atom is 0.410 e. The van der Waals surface area contributed by atoms with Crippen molar-refractivity contribution in [1.29, 1.82) is 0 Å². The minimum atomic E-state index is -0.535. The number of aryl methyl sites for hydroxylation is 1. The SMILES string of the molecule is Cn1ncc(-c2ccc3cnc(NC(=O)C4CCN(C(=O)OC(C)(C)C)CC4)cc3n2)c1CN1CCCCC1. The highest BCUT2D eigenvalue weighted by atomic mass is 16.6. The summed E-state index contributed by atoms with van der Waals surface area (Å²) < 4.78 is 7.41. The normalized spacial score (nSPS) is 17.4. The lowest BCUT2D eigenvalue weighted by molar-refractivity contribution is -0.121. The van der Waals surface area contributed by atoms with Gasteiger partial charge in [-0.15, -0.1) is 0 Å². The highest BCUT2D eigenvalue weighted by molar-refractivity contribution is 5.94. The number of fused-ring (bicyclic) bond motifs is 1. The zero-order valence-electron chi connectivity index (χ0n) is 23.4. The second kappa shape index (κ2) is 11.3. The van der Waals surface area contributed by atoms with Gasteiger partial charge in [0, 0.05) is 55.8 Å². The molecule has 0 radical (unpaired) electrons. The van der Waals surface area contributed by atoms with Crippen LogP contribution in [0.4, 0.5) is 10.6 Å². The van der Waals surface area contributed by atoms with Crippen molar-refractivity contribution >= 4 is 28.7 Å². The molecule has 0 spiro atoms. The van der Waals surface area contributed by atoms with Crippen molar-refractivity contribution in [3.63, 3.8) is 0 Å². The fourth-order valence-electron chi connectivity index (χ4n) is 5.31. The molecule has 2 fully saturated rings. The minimum absolute atomic E-state index is 0.0853. The molecule has 10 heteroatoms. The Bertz CT molecular complexity index is 1330. The van der Waals surface area contributed by atoms with Gasteiger partial charge in [-0.25, -0.2) is 14.8 Å². The summed E-state index contributed by atoms with van der Waals surface area (Å²) in [6, 6.07) is 5.85. The van der Waals surface area contributed by atoms with Crippen LogP contribution >= 0.6 is 0 Å². The Morgan fingerprint density at radius 1 is 1.05 bits per heavy atom. The van der Waals surface area contributed by atoms with E-state index in [0.29, 0.717) is 31.7 Å². The number of carbonyl (C=O) groups excluding carboxylic acids is 2. The average Bonchev–Trinajstić information content (AvgIpc) is 3.27. The number of anilines is 1. The third kappa shape index (κ3) is 6.55. The second-order valence-corrected chi connectivity index (χ2v) is 11.7. The molecule has 39 heavy (non-hydrogen) atoms. The Kier molecular flexibility index (Phi) is 7.83. The number of hydrogen-bond donors (Lipinski definition) is 1. The van der Waals surface area contributed by atoms with Gasteiger partial charge in [-0.3, -0.25) is 14.4 Å². The number of aromatic nitrogens is 4. The number of nitrogens with zero attached hydrogens (tertiary/aromatic N) is 6. The van der Waals surface area contributed by atoms with Crippen molar-refractivity contribution in [3.05, 3.63) is 36.3 Å². The quantitative estimate of drug-likeness (QED) is 0.511. The fourth-order valence-corrected chi connectivity index (χ4v) is 5.31. The number of likely N-dealkylation sites (tertiary alicyclic amines) is 2. The molecule has 0 aromatic carbocycles. The molecule has 208 valence electrons. The summed E-state index contributed by atoms with van der Waals surface area (Å²) in [5.41, 5.74) is 3.28. The van der Waals surface area contributed by atoms with E-state index in [1.165, 1.54) is 19.3 Å². The first-order valence-electron chi connectivity index (χ1n) is 14.0. The Morgan fingerprint density at radius 3 is 2.51 bits per heavy atom. The Hall–Kier alpha value is -3.53. The van der Waals surface area contributed by atoms with Gasteiger partial charge >= 0.3 is 6.09 Å². The number of carbonyl (C=O) groups is 2. The predicted molar refractivity (Wildman–Crippen MR) is 150 cm³/mol. The van der Waals surface area contributed by atoms with Crippen LogP contribution in [-0.2, 0) is 23.1 Å². The van der Waals surface area contributed by atoms with E-state index >= 15 is 0 Å².